The van der Waals surface area contributed by atoms with E-state index in [9.17, 15) is 13.6 Å². The monoisotopic (exact) mass is 423 g/mol. The van der Waals surface area contributed by atoms with Crippen molar-refractivity contribution in [2.45, 2.75) is 19.0 Å². The molecule has 0 spiro atoms. The molecule has 0 saturated carbocycles. The predicted molar refractivity (Wildman–Crippen MR) is 104 cm³/mol. The van der Waals surface area contributed by atoms with E-state index in [1.807, 2.05) is 6.26 Å². The highest BCUT2D eigenvalue weighted by Crippen LogP contribution is 2.57. The molecule has 0 aliphatic carbocycles. The molecule has 0 radical (unpaired) electrons. The molecule has 0 saturated heterocycles. The molecule has 5 nitrogen and oxygen atoms in total. The number of aryl methyl sites for hydroxylation is 1. The molecule has 26 heavy (non-hydrogen) atoms. The normalized spacial score (nSPS) is 12.0. The number of rotatable bonds is 8. The van der Waals surface area contributed by atoms with Crippen molar-refractivity contribution in [1.29, 1.82) is 0 Å². The molecule has 2 aromatic rings. The second-order valence-electron chi connectivity index (χ2n) is 5.51. The number of hydrogen-bond donors (Lipinski definition) is 3. The molecule has 1 aromatic heterocycles. The first-order valence-corrected chi connectivity index (χ1v) is 11.2. The van der Waals surface area contributed by atoms with Crippen LogP contribution in [0.2, 0.25) is 0 Å². The Hall–Kier alpha value is -0.990. The lowest BCUT2D eigenvalue weighted by atomic mass is 10.1. The Morgan fingerprint density at radius 3 is 2.69 bits per heavy atom. The van der Waals surface area contributed by atoms with Crippen molar-refractivity contribution >= 4 is 47.5 Å². The largest absolute Gasteiger partial charge is 0.492 e. The van der Waals surface area contributed by atoms with E-state index < -0.39 is 18.9 Å². The summed E-state index contributed by atoms with van der Waals surface area (Å²) in [7, 11) is -1.99. The molecule has 1 amide bonds. The second-order valence-corrected chi connectivity index (χ2v) is 8.66. The van der Waals surface area contributed by atoms with Crippen LogP contribution in [0.4, 0.5) is 8.78 Å². The number of thiophene rings is 1. The summed E-state index contributed by atoms with van der Waals surface area (Å²) in [5.41, 5.74) is -3.23. The first-order valence-electron chi connectivity index (χ1n) is 7.71. The number of fused-ring (bicyclic) bond motifs is 1. The highest BCUT2D eigenvalue weighted by Gasteiger charge is 2.44. The molecule has 0 aliphatic heterocycles. The van der Waals surface area contributed by atoms with Gasteiger partial charge in [-0.2, -0.15) is 20.5 Å². The first kappa shape index (κ1) is 21.3. The van der Waals surface area contributed by atoms with E-state index >= 15 is 0 Å². The molecule has 144 valence electrons. The zero-order valence-corrected chi connectivity index (χ0v) is 17.0. The zero-order chi connectivity index (χ0) is 19.5. The fraction of sp³-hybridized carbons (Fsp3) is 0.438. The molecule has 3 N–H and O–H groups in total. The van der Waals surface area contributed by atoms with Gasteiger partial charge < -0.3 is 19.8 Å². The summed E-state index contributed by atoms with van der Waals surface area (Å²) in [4.78, 5) is 29.8. The van der Waals surface area contributed by atoms with E-state index in [1.165, 1.54) is 26.1 Å². The second kappa shape index (κ2) is 8.80. The van der Waals surface area contributed by atoms with Crippen LogP contribution in [0.1, 0.15) is 27.2 Å². The van der Waals surface area contributed by atoms with Gasteiger partial charge in [0.25, 0.3) is 5.91 Å². The summed E-state index contributed by atoms with van der Waals surface area (Å²) in [6.07, 6.45) is 2.75. The summed E-state index contributed by atoms with van der Waals surface area (Å²) in [5, 5.41) is 2.95. The van der Waals surface area contributed by atoms with Crippen LogP contribution in [0.3, 0.4) is 0 Å². The van der Waals surface area contributed by atoms with Gasteiger partial charge in [-0.3, -0.25) is 4.79 Å². The van der Waals surface area contributed by atoms with E-state index in [1.54, 1.807) is 11.8 Å². The van der Waals surface area contributed by atoms with Crippen LogP contribution in [-0.2, 0) is 5.66 Å². The van der Waals surface area contributed by atoms with Gasteiger partial charge >= 0.3 is 5.66 Å². The fourth-order valence-electron chi connectivity index (χ4n) is 2.43. The van der Waals surface area contributed by atoms with Crippen molar-refractivity contribution in [3.8, 4) is 5.75 Å². The van der Waals surface area contributed by atoms with E-state index in [2.05, 4.69) is 5.32 Å². The molecule has 1 aromatic carbocycles. The molecular formula is C16H20F2NO4PS2. The van der Waals surface area contributed by atoms with E-state index in [0.29, 0.717) is 28.0 Å². The van der Waals surface area contributed by atoms with Crippen LogP contribution in [-0.4, -0.2) is 41.4 Å². The molecule has 0 atom stereocenters. The summed E-state index contributed by atoms with van der Waals surface area (Å²) in [6.45, 7) is 1.87. The Balaban J connectivity index is 2.57. The third-order valence-electron chi connectivity index (χ3n) is 3.77. The Labute approximate surface area is 159 Å². The first-order chi connectivity index (χ1) is 12.2. The van der Waals surface area contributed by atoms with Gasteiger partial charge in [0.15, 0.2) is 0 Å². The minimum absolute atomic E-state index is 0.213. The van der Waals surface area contributed by atoms with Crippen LogP contribution in [0.25, 0.3) is 10.1 Å². The number of halogens is 2. The maximum absolute atomic E-state index is 14.2. The van der Waals surface area contributed by atoms with Crippen LogP contribution in [0, 0.1) is 6.92 Å². The van der Waals surface area contributed by atoms with Gasteiger partial charge in [0, 0.05) is 18.0 Å². The highest BCUT2D eigenvalue weighted by molar-refractivity contribution is 7.98. The third kappa shape index (κ3) is 4.28. The number of alkyl halides is 2. The van der Waals surface area contributed by atoms with E-state index in [4.69, 9.17) is 14.5 Å². The van der Waals surface area contributed by atoms with Crippen molar-refractivity contribution in [3.05, 3.63) is 28.1 Å². The molecule has 2 rings (SSSR count). The predicted octanol–water partition coefficient (Wildman–Crippen LogP) is 4.05. The molecule has 0 fully saturated rings. The smallest absolute Gasteiger partial charge is 0.348 e. The van der Waals surface area contributed by atoms with Crippen LogP contribution in [0.5, 0.6) is 5.75 Å². The van der Waals surface area contributed by atoms with Crippen molar-refractivity contribution in [3.63, 3.8) is 0 Å². The van der Waals surface area contributed by atoms with Gasteiger partial charge in [0.1, 0.15) is 5.75 Å². The Bertz CT molecular complexity index is 798. The number of hydrogen-bond acceptors (Lipinski definition) is 6. The standard InChI is InChI=1S/C16H20F2NO4PS2/c1-9-11-7-10(15(20)19-2)8-12(23-5-4-6-25-3)13(11)26-14(9)16(17,18)24(21)22/h7-8,21-22H,4-6H2,1-3H3,(H,19,20). The topological polar surface area (TPSA) is 78.8 Å². The average Bonchev–Trinajstić information content (AvgIpc) is 2.95. The number of nitrogens with one attached hydrogen (secondary N) is 1. The number of carbonyl (C=O) groups is 1. The number of benzene rings is 1. The summed E-state index contributed by atoms with van der Waals surface area (Å²) in [5.74, 6) is 0.883. The van der Waals surface area contributed by atoms with E-state index in [0.717, 1.165) is 23.5 Å². The number of amides is 1. The zero-order valence-electron chi connectivity index (χ0n) is 14.5. The Kier molecular flexibility index (Phi) is 7.21. The van der Waals surface area contributed by atoms with Crippen molar-refractivity contribution in [2.75, 3.05) is 25.7 Å². The number of carbonyl (C=O) groups excluding carboxylic acids is 1. The van der Waals surface area contributed by atoms with Crippen molar-refractivity contribution < 1.29 is 28.1 Å². The van der Waals surface area contributed by atoms with Gasteiger partial charge in [0.05, 0.1) is 16.2 Å². The molecular weight excluding hydrogens is 403 g/mol. The Morgan fingerprint density at radius 2 is 2.12 bits per heavy atom. The molecule has 0 aliphatic rings. The third-order valence-corrected chi connectivity index (χ3v) is 6.73. The fourth-order valence-corrected chi connectivity index (χ4v) is 4.70. The SMILES string of the molecule is CNC(=O)c1cc(OCCCSC)c2sc(C(F)(F)P(O)O)c(C)c2c1. The minimum Gasteiger partial charge on any atom is -0.492 e. The van der Waals surface area contributed by atoms with Crippen molar-refractivity contribution in [1.82, 2.24) is 5.32 Å². The van der Waals surface area contributed by atoms with Gasteiger partial charge in [-0.05, 0) is 43.0 Å². The molecule has 1 heterocycles. The maximum atomic E-state index is 14.2. The number of thioether (sulfide) groups is 1. The van der Waals surface area contributed by atoms with Gasteiger partial charge in [0.2, 0.25) is 8.38 Å². The molecule has 10 heteroatoms. The summed E-state index contributed by atoms with van der Waals surface area (Å²) < 4.78 is 34.6. The van der Waals surface area contributed by atoms with Crippen LogP contribution >= 0.6 is 31.5 Å². The van der Waals surface area contributed by atoms with E-state index in [-0.39, 0.29) is 11.5 Å². The highest BCUT2D eigenvalue weighted by atomic mass is 32.2. The minimum atomic E-state index is -3.74. The van der Waals surface area contributed by atoms with Crippen molar-refractivity contribution in [2.24, 2.45) is 0 Å². The maximum Gasteiger partial charge on any atom is 0.348 e. The van der Waals surface area contributed by atoms with Gasteiger partial charge in [-0.25, -0.2) is 0 Å². The molecule has 0 bridgehead atoms. The average molecular weight is 423 g/mol. The van der Waals surface area contributed by atoms with Gasteiger partial charge in [-0.15, -0.1) is 11.3 Å². The summed E-state index contributed by atoms with van der Waals surface area (Å²) >= 11 is 2.43. The quantitative estimate of drug-likeness (QED) is 0.441. The van der Waals surface area contributed by atoms with Crippen LogP contribution < -0.4 is 10.1 Å². The lowest BCUT2D eigenvalue weighted by Gasteiger charge is -2.16. The van der Waals surface area contributed by atoms with Crippen LogP contribution in [0.15, 0.2) is 12.1 Å². The lowest BCUT2D eigenvalue weighted by molar-refractivity contribution is 0.0766. The number of ether oxygens (including phenoxy) is 1. The summed E-state index contributed by atoms with van der Waals surface area (Å²) in [6, 6.07) is 3.05. The molecule has 0 unspecified atom stereocenters. The Morgan fingerprint density at radius 1 is 1.42 bits per heavy atom. The van der Waals surface area contributed by atoms with Gasteiger partial charge in [-0.1, -0.05) is 0 Å². The lowest BCUT2D eigenvalue weighted by Crippen LogP contribution is -2.17.